The van der Waals surface area contributed by atoms with Crippen molar-refractivity contribution in [1.82, 2.24) is 5.32 Å². The van der Waals surface area contributed by atoms with Crippen LogP contribution in [0.3, 0.4) is 0 Å². The molecule has 1 N–H and O–H groups in total. The Hall–Kier alpha value is -0.630. The highest BCUT2D eigenvalue weighted by Gasteiger charge is 2.19. The zero-order valence-electron chi connectivity index (χ0n) is 11.5. The molecule has 16 heavy (non-hydrogen) atoms. The minimum atomic E-state index is -0.321. The van der Waals surface area contributed by atoms with E-state index in [1.54, 1.807) is 0 Å². The molecule has 0 aliphatic carbocycles. The fourth-order valence-electron chi connectivity index (χ4n) is 1.38. The van der Waals surface area contributed by atoms with Gasteiger partial charge in [0, 0.05) is 1.43 Å². The van der Waals surface area contributed by atoms with E-state index in [9.17, 15) is 4.79 Å². The van der Waals surface area contributed by atoms with Crippen LogP contribution in [0.4, 0.5) is 0 Å². The van der Waals surface area contributed by atoms with Gasteiger partial charge in [0.1, 0.15) is 6.29 Å². The van der Waals surface area contributed by atoms with E-state index in [1.165, 1.54) is 19.3 Å². The average Bonchev–Trinajstić information content (AvgIpc) is 2.36. The molecule has 2 heteroatoms. The highest BCUT2D eigenvalue weighted by molar-refractivity contribution is 5.63. The second kappa shape index (κ2) is 12.4. The summed E-state index contributed by atoms with van der Waals surface area (Å²) < 4.78 is 0. The Kier molecular flexibility index (Phi) is 13.8. The number of hydrogen-bond acceptors (Lipinski definition) is 2. The molecule has 0 unspecified atom stereocenters. The Labute approximate surface area is 103 Å². The number of aldehydes is 1. The molecule has 0 saturated carbocycles. The van der Waals surface area contributed by atoms with Crippen molar-refractivity contribution in [2.24, 2.45) is 0 Å². The van der Waals surface area contributed by atoms with Gasteiger partial charge in [-0.3, -0.25) is 0 Å². The monoisotopic (exact) mass is 229 g/mol. The van der Waals surface area contributed by atoms with Gasteiger partial charge in [-0.1, -0.05) is 39.2 Å². The van der Waals surface area contributed by atoms with Gasteiger partial charge in [0.25, 0.3) is 0 Å². The first-order valence-electron chi connectivity index (χ1n) is 6.44. The Morgan fingerprint density at radius 1 is 1.25 bits per heavy atom. The SMILES string of the molecule is C=CCCCCCC[C@@](C)(C=O)NC.CC.[HH]. The van der Waals surface area contributed by atoms with Crippen molar-refractivity contribution in [1.29, 1.82) is 0 Å². The van der Waals surface area contributed by atoms with Crippen LogP contribution >= 0.6 is 0 Å². The van der Waals surface area contributed by atoms with E-state index >= 15 is 0 Å². The van der Waals surface area contributed by atoms with Gasteiger partial charge in [0.2, 0.25) is 0 Å². The number of likely N-dealkylation sites (N-methyl/N-ethyl adjacent to an activating group) is 1. The van der Waals surface area contributed by atoms with E-state index in [-0.39, 0.29) is 6.97 Å². The third-order valence-electron chi connectivity index (χ3n) is 2.69. The molecule has 2 nitrogen and oxygen atoms in total. The standard InChI is InChI=1S/C12H23NO.C2H6.H2/c1-4-5-6-7-8-9-10-12(2,11-14)13-3;1-2;/h4,11,13H,1,5-10H2,2-3H3;1-2H3;1H/t12-;;/m0../s1. The molecular weight excluding hydrogens is 198 g/mol. The molecule has 0 aliphatic rings. The quantitative estimate of drug-likeness (QED) is 0.368. The van der Waals surface area contributed by atoms with Crippen LogP contribution in [0, 0.1) is 0 Å². The predicted octanol–water partition coefficient (Wildman–Crippen LogP) is 3.96. The van der Waals surface area contributed by atoms with Crippen molar-refractivity contribution in [3.8, 4) is 0 Å². The van der Waals surface area contributed by atoms with Gasteiger partial charge in [0.15, 0.2) is 0 Å². The molecule has 0 amide bonds. The van der Waals surface area contributed by atoms with Gasteiger partial charge in [0.05, 0.1) is 5.54 Å². The van der Waals surface area contributed by atoms with E-state index in [1.807, 2.05) is 33.9 Å². The van der Waals surface area contributed by atoms with Crippen molar-refractivity contribution in [2.45, 2.75) is 64.8 Å². The normalized spacial score (nSPS) is 13.2. The first-order valence-corrected chi connectivity index (χ1v) is 6.44. The molecule has 0 radical (unpaired) electrons. The van der Waals surface area contributed by atoms with Crippen LogP contribution in [0.2, 0.25) is 0 Å². The zero-order valence-corrected chi connectivity index (χ0v) is 11.5. The molecule has 0 aliphatic heterocycles. The Bertz CT molecular complexity index is 174. The maximum absolute atomic E-state index is 10.7. The first-order chi connectivity index (χ1) is 7.68. The molecule has 0 aromatic rings. The summed E-state index contributed by atoms with van der Waals surface area (Å²) in [6.07, 6.45) is 9.80. The highest BCUT2D eigenvalue weighted by atomic mass is 16.1. The minimum absolute atomic E-state index is 0. The third-order valence-corrected chi connectivity index (χ3v) is 2.69. The lowest BCUT2D eigenvalue weighted by Crippen LogP contribution is -2.41. The third kappa shape index (κ3) is 9.91. The molecule has 0 rings (SSSR count). The van der Waals surface area contributed by atoms with Crippen LogP contribution in [0.1, 0.15) is 60.7 Å². The number of carbonyl (C=O) groups excluding carboxylic acids is 1. The minimum Gasteiger partial charge on any atom is -0.308 e. The highest BCUT2D eigenvalue weighted by Crippen LogP contribution is 2.13. The van der Waals surface area contributed by atoms with Gasteiger partial charge in [-0.25, -0.2) is 0 Å². The molecule has 1 atom stereocenters. The molecular formula is C14H31NO. The van der Waals surface area contributed by atoms with Crippen molar-refractivity contribution in [2.75, 3.05) is 7.05 Å². The van der Waals surface area contributed by atoms with Crippen molar-refractivity contribution >= 4 is 6.29 Å². The lowest BCUT2D eigenvalue weighted by Gasteiger charge is -2.21. The number of allylic oxidation sites excluding steroid dienone is 1. The van der Waals surface area contributed by atoms with Gasteiger partial charge in [-0.05, 0) is 33.2 Å². The number of carbonyl (C=O) groups is 1. The van der Waals surface area contributed by atoms with Crippen LogP contribution in [0.5, 0.6) is 0 Å². The summed E-state index contributed by atoms with van der Waals surface area (Å²) in [5.41, 5.74) is -0.321. The number of nitrogens with one attached hydrogen (secondary N) is 1. The Morgan fingerprint density at radius 3 is 2.25 bits per heavy atom. The Balaban J connectivity index is -0.000000616. The predicted molar refractivity (Wildman–Crippen MR) is 74.9 cm³/mol. The first kappa shape index (κ1) is 17.8. The summed E-state index contributed by atoms with van der Waals surface area (Å²) in [6.45, 7) is 9.64. The summed E-state index contributed by atoms with van der Waals surface area (Å²) in [5.74, 6) is 0. The molecule has 0 saturated heterocycles. The van der Waals surface area contributed by atoms with E-state index in [0.717, 1.165) is 25.5 Å². The van der Waals surface area contributed by atoms with Crippen molar-refractivity contribution < 1.29 is 6.22 Å². The summed E-state index contributed by atoms with van der Waals surface area (Å²) >= 11 is 0. The van der Waals surface area contributed by atoms with Gasteiger partial charge < -0.3 is 10.1 Å². The molecule has 0 fully saturated rings. The lowest BCUT2D eigenvalue weighted by molar-refractivity contribution is -0.112. The maximum atomic E-state index is 10.7. The summed E-state index contributed by atoms with van der Waals surface area (Å²) in [6, 6.07) is 0. The number of unbranched alkanes of at least 4 members (excludes halogenated alkanes) is 4. The summed E-state index contributed by atoms with van der Waals surface area (Å²) in [7, 11) is 1.84. The van der Waals surface area contributed by atoms with Crippen molar-refractivity contribution in [3.63, 3.8) is 0 Å². The van der Waals surface area contributed by atoms with Gasteiger partial charge >= 0.3 is 0 Å². The van der Waals surface area contributed by atoms with E-state index in [0.29, 0.717) is 0 Å². The Morgan fingerprint density at radius 2 is 1.81 bits per heavy atom. The average molecular weight is 229 g/mol. The fraction of sp³-hybridized carbons (Fsp3) is 0.786. The number of hydrogen-bond donors (Lipinski definition) is 1. The second-order valence-electron chi connectivity index (χ2n) is 4.03. The van der Waals surface area contributed by atoms with Crippen LogP contribution in [-0.2, 0) is 4.79 Å². The molecule has 0 heterocycles. The zero-order chi connectivity index (χ0) is 12.9. The van der Waals surface area contributed by atoms with E-state index in [4.69, 9.17) is 0 Å². The largest absolute Gasteiger partial charge is 0.308 e. The summed E-state index contributed by atoms with van der Waals surface area (Å²) in [4.78, 5) is 10.7. The van der Waals surface area contributed by atoms with Gasteiger partial charge in [-0.15, -0.1) is 6.58 Å². The van der Waals surface area contributed by atoms with E-state index in [2.05, 4.69) is 11.9 Å². The summed E-state index contributed by atoms with van der Waals surface area (Å²) in [5, 5.41) is 3.05. The fourth-order valence-corrected chi connectivity index (χ4v) is 1.38. The molecule has 0 aromatic carbocycles. The second-order valence-corrected chi connectivity index (χ2v) is 4.03. The smallest absolute Gasteiger partial charge is 0.139 e. The molecule has 0 bridgehead atoms. The molecule has 0 spiro atoms. The lowest BCUT2D eigenvalue weighted by atomic mass is 9.96. The van der Waals surface area contributed by atoms with Crippen molar-refractivity contribution in [3.05, 3.63) is 12.7 Å². The van der Waals surface area contributed by atoms with Crippen LogP contribution in [0.25, 0.3) is 0 Å². The van der Waals surface area contributed by atoms with Crippen LogP contribution in [0.15, 0.2) is 12.7 Å². The van der Waals surface area contributed by atoms with Crippen LogP contribution < -0.4 is 5.32 Å². The molecule has 0 aromatic heterocycles. The topological polar surface area (TPSA) is 29.1 Å². The maximum Gasteiger partial charge on any atom is 0.139 e. The van der Waals surface area contributed by atoms with E-state index < -0.39 is 0 Å². The van der Waals surface area contributed by atoms with Crippen LogP contribution in [-0.4, -0.2) is 18.9 Å². The van der Waals surface area contributed by atoms with Gasteiger partial charge in [-0.2, -0.15) is 0 Å². The molecule has 98 valence electrons. The number of rotatable bonds is 9.